The lowest BCUT2D eigenvalue weighted by atomic mass is 9.99. The minimum atomic E-state index is -0.433. The molecule has 1 aliphatic heterocycles. The number of pyridine rings is 1. The molecule has 3 aromatic heterocycles. The van der Waals surface area contributed by atoms with Crippen LogP contribution in [-0.4, -0.2) is 50.2 Å². The smallest absolute Gasteiger partial charge is 0.360 e. The molecule has 1 saturated heterocycles. The Morgan fingerprint density at radius 3 is 2.92 bits per heavy atom. The highest BCUT2D eigenvalue weighted by molar-refractivity contribution is 5.88. The monoisotopic (exact) mass is 355 g/mol. The zero-order chi connectivity index (χ0) is 18.1. The fourth-order valence-electron chi connectivity index (χ4n) is 3.22. The highest BCUT2D eigenvalue weighted by atomic mass is 16.5. The molecule has 4 rings (SSSR count). The Morgan fingerprint density at radius 1 is 1.38 bits per heavy atom. The summed E-state index contributed by atoms with van der Waals surface area (Å²) in [7, 11) is 0. The summed E-state index contributed by atoms with van der Waals surface area (Å²) in [5.41, 5.74) is 4.05. The molecular formula is C18H21N5O3. The van der Waals surface area contributed by atoms with Crippen molar-refractivity contribution in [2.45, 2.75) is 32.7 Å². The van der Waals surface area contributed by atoms with Gasteiger partial charge in [0.1, 0.15) is 5.65 Å². The van der Waals surface area contributed by atoms with Crippen LogP contribution in [0.5, 0.6) is 0 Å². The number of fused-ring (bicyclic) bond motifs is 1. The Balaban J connectivity index is 1.64. The lowest BCUT2D eigenvalue weighted by Crippen LogP contribution is -2.25. The van der Waals surface area contributed by atoms with Crippen molar-refractivity contribution in [3.8, 4) is 0 Å². The molecule has 3 aromatic rings. The van der Waals surface area contributed by atoms with Crippen LogP contribution in [0.2, 0.25) is 0 Å². The molecule has 8 heteroatoms. The van der Waals surface area contributed by atoms with Crippen molar-refractivity contribution in [2.75, 3.05) is 19.8 Å². The Kier molecular flexibility index (Phi) is 4.42. The van der Waals surface area contributed by atoms with Crippen molar-refractivity contribution < 1.29 is 14.3 Å². The van der Waals surface area contributed by atoms with E-state index in [9.17, 15) is 4.79 Å². The number of rotatable bonds is 6. The van der Waals surface area contributed by atoms with Gasteiger partial charge in [-0.15, -0.1) is 5.10 Å². The summed E-state index contributed by atoms with van der Waals surface area (Å²) in [6.45, 7) is 6.00. The van der Waals surface area contributed by atoms with Crippen molar-refractivity contribution in [1.29, 1.82) is 0 Å². The third kappa shape index (κ3) is 2.86. The van der Waals surface area contributed by atoms with Crippen molar-refractivity contribution in [2.24, 2.45) is 0 Å². The number of carbonyl (C=O) groups is 1. The third-order valence-corrected chi connectivity index (χ3v) is 4.59. The van der Waals surface area contributed by atoms with E-state index in [4.69, 9.17) is 14.5 Å². The summed E-state index contributed by atoms with van der Waals surface area (Å²) in [6.07, 6.45) is 4.61. The average Bonchev–Trinajstić information content (AvgIpc) is 3.17. The quantitative estimate of drug-likeness (QED) is 0.627. The summed E-state index contributed by atoms with van der Waals surface area (Å²) in [4.78, 5) is 16.8. The van der Waals surface area contributed by atoms with Gasteiger partial charge >= 0.3 is 5.97 Å². The highest BCUT2D eigenvalue weighted by Crippen LogP contribution is 2.27. The number of nitrogens with zero attached hydrogens (tertiary/aromatic N) is 5. The topological polar surface area (TPSA) is 83.5 Å². The Hall–Kier alpha value is -2.74. The first-order valence-electron chi connectivity index (χ1n) is 8.85. The number of hydrogen-bond acceptors (Lipinski definition) is 6. The first kappa shape index (κ1) is 16.7. The molecule has 0 radical (unpaired) electrons. The van der Waals surface area contributed by atoms with E-state index < -0.39 is 5.97 Å². The van der Waals surface area contributed by atoms with E-state index >= 15 is 0 Å². The van der Waals surface area contributed by atoms with Crippen molar-refractivity contribution in [3.63, 3.8) is 0 Å². The van der Waals surface area contributed by atoms with Crippen LogP contribution >= 0.6 is 0 Å². The van der Waals surface area contributed by atoms with Gasteiger partial charge in [-0.3, -0.25) is 0 Å². The third-order valence-electron chi connectivity index (χ3n) is 4.59. The zero-order valence-corrected chi connectivity index (χ0v) is 14.9. The van der Waals surface area contributed by atoms with Gasteiger partial charge < -0.3 is 13.9 Å². The molecule has 0 bridgehead atoms. The van der Waals surface area contributed by atoms with E-state index in [-0.39, 0.29) is 5.69 Å². The van der Waals surface area contributed by atoms with Gasteiger partial charge in [0.05, 0.1) is 37.8 Å². The summed E-state index contributed by atoms with van der Waals surface area (Å²) in [5.74, 6) is -0.0280. The fraction of sp³-hybridized carbons (Fsp3) is 0.444. The van der Waals surface area contributed by atoms with Crippen LogP contribution in [-0.2, 0) is 22.4 Å². The molecule has 8 nitrogen and oxygen atoms in total. The lowest BCUT2D eigenvalue weighted by molar-refractivity contribution is 0.00879. The maximum atomic E-state index is 12.0. The van der Waals surface area contributed by atoms with E-state index in [1.54, 1.807) is 11.6 Å². The van der Waals surface area contributed by atoms with Gasteiger partial charge in [0.25, 0.3) is 0 Å². The van der Waals surface area contributed by atoms with Crippen LogP contribution in [0.15, 0.2) is 24.5 Å². The van der Waals surface area contributed by atoms with Crippen molar-refractivity contribution in [1.82, 2.24) is 24.4 Å². The average molecular weight is 355 g/mol. The maximum absolute atomic E-state index is 12.0. The predicted octanol–water partition coefficient (Wildman–Crippen LogP) is 1.83. The molecule has 0 amide bonds. The van der Waals surface area contributed by atoms with Crippen LogP contribution in [0.4, 0.5) is 0 Å². The van der Waals surface area contributed by atoms with Crippen LogP contribution in [0.1, 0.15) is 47.2 Å². The van der Waals surface area contributed by atoms with E-state index in [1.807, 2.05) is 29.8 Å². The second kappa shape index (κ2) is 6.87. The fourth-order valence-corrected chi connectivity index (χ4v) is 3.22. The van der Waals surface area contributed by atoms with Gasteiger partial charge in [0.15, 0.2) is 5.69 Å². The second-order valence-electron chi connectivity index (χ2n) is 6.28. The van der Waals surface area contributed by atoms with E-state index in [0.29, 0.717) is 25.5 Å². The number of hydrogen-bond donors (Lipinski definition) is 0. The predicted molar refractivity (Wildman–Crippen MR) is 93.2 cm³/mol. The van der Waals surface area contributed by atoms with Gasteiger partial charge in [-0.25, -0.2) is 14.5 Å². The van der Waals surface area contributed by atoms with Gasteiger partial charge in [0, 0.05) is 23.9 Å². The normalized spacial score (nSPS) is 14.5. The molecule has 0 spiro atoms. The first-order chi connectivity index (χ1) is 12.7. The molecule has 0 N–H and O–H groups in total. The minimum Gasteiger partial charge on any atom is -0.461 e. The number of esters is 1. The van der Waals surface area contributed by atoms with Crippen LogP contribution in [0, 0.1) is 0 Å². The molecule has 0 atom stereocenters. The SMILES string of the molecule is CCOC(=O)c1nnn(Cc2cn3cccc(C4COC4)c3n2)c1CC. The van der Waals surface area contributed by atoms with Crippen LogP contribution < -0.4 is 0 Å². The number of ether oxygens (including phenoxy) is 2. The molecule has 4 heterocycles. The minimum absolute atomic E-state index is 0.283. The van der Waals surface area contributed by atoms with Crippen LogP contribution in [0.25, 0.3) is 5.65 Å². The molecule has 1 aliphatic rings. The summed E-state index contributed by atoms with van der Waals surface area (Å²) < 4.78 is 14.1. The molecule has 0 saturated carbocycles. The molecule has 1 fully saturated rings. The summed E-state index contributed by atoms with van der Waals surface area (Å²) in [5, 5.41) is 8.15. The van der Waals surface area contributed by atoms with E-state index in [1.165, 1.54) is 5.56 Å². The lowest BCUT2D eigenvalue weighted by Gasteiger charge is -2.26. The Morgan fingerprint density at radius 2 is 2.23 bits per heavy atom. The maximum Gasteiger partial charge on any atom is 0.360 e. The second-order valence-corrected chi connectivity index (χ2v) is 6.28. The van der Waals surface area contributed by atoms with E-state index in [0.717, 1.165) is 30.2 Å². The summed E-state index contributed by atoms with van der Waals surface area (Å²) in [6, 6.07) is 4.13. The first-order valence-corrected chi connectivity index (χ1v) is 8.85. The molecule has 136 valence electrons. The molecule has 0 unspecified atom stereocenters. The largest absolute Gasteiger partial charge is 0.461 e. The Labute approximate surface area is 150 Å². The van der Waals surface area contributed by atoms with Gasteiger partial charge in [-0.05, 0) is 19.4 Å². The van der Waals surface area contributed by atoms with Crippen LogP contribution in [0.3, 0.4) is 0 Å². The molecule has 0 aliphatic carbocycles. The van der Waals surface area contributed by atoms with Crippen molar-refractivity contribution in [3.05, 3.63) is 47.2 Å². The molecule has 0 aromatic carbocycles. The molecule has 26 heavy (non-hydrogen) atoms. The zero-order valence-electron chi connectivity index (χ0n) is 14.9. The number of carbonyl (C=O) groups excluding carboxylic acids is 1. The standard InChI is InChI=1S/C18H21N5O3/c1-3-15-16(18(24)26-4-2)20-21-23(15)9-13-8-22-7-5-6-14(17(22)19-13)12-10-25-11-12/h5-8,12H,3-4,9-11H2,1-2H3. The number of imidazole rings is 1. The van der Waals surface area contributed by atoms with E-state index in [2.05, 4.69) is 16.4 Å². The highest BCUT2D eigenvalue weighted by Gasteiger charge is 2.24. The van der Waals surface area contributed by atoms with Gasteiger partial charge in [0.2, 0.25) is 0 Å². The van der Waals surface area contributed by atoms with Crippen molar-refractivity contribution >= 4 is 11.6 Å². The molecular weight excluding hydrogens is 334 g/mol. The van der Waals surface area contributed by atoms with Gasteiger partial charge in [-0.2, -0.15) is 0 Å². The Bertz CT molecular complexity index is 942. The number of aromatic nitrogens is 5. The summed E-state index contributed by atoms with van der Waals surface area (Å²) >= 11 is 0. The van der Waals surface area contributed by atoms with Gasteiger partial charge in [-0.1, -0.05) is 18.2 Å².